The fourth-order valence-corrected chi connectivity index (χ4v) is 1.96. The van der Waals surface area contributed by atoms with Crippen LogP contribution in [0.4, 0.5) is 4.39 Å². The van der Waals surface area contributed by atoms with Crippen LogP contribution in [-0.2, 0) is 0 Å². The molecule has 0 saturated carbocycles. The average molecular weight is 258 g/mol. The van der Waals surface area contributed by atoms with Gasteiger partial charge in [-0.15, -0.1) is 0 Å². The van der Waals surface area contributed by atoms with Crippen LogP contribution in [0.15, 0.2) is 42.5 Å². The zero-order valence-corrected chi connectivity index (χ0v) is 10.9. The zero-order chi connectivity index (χ0) is 13.8. The summed E-state index contributed by atoms with van der Waals surface area (Å²) in [6.45, 7) is 3.87. The van der Waals surface area contributed by atoms with Gasteiger partial charge in [0, 0.05) is 0 Å². The molecule has 0 fully saturated rings. The number of aryl methyl sites for hydroxylation is 1. The molecule has 19 heavy (non-hydrogen) atoms. The Bertz CT molecular complexity index is 598. The number of nitrogens with zero attached hydrogens (tertiary/aromatic N) is 1. The van der Waals surface area contributed by atoms with Crippen molar-refractivity contribution in [3.05, 3.63) is 65.2 Å². The fourth-order valence-electron chi connectivity index (χ4n) is 1.96. The first kappa shape index (κ1) is 13.2. The van der Waals surface area contributed by atoms with Gasteiger partial charge in [-0.1, -0.05) is 30.3 Å². The van der Waals surface area contributed by atoms with E-state index in [0.717, 1.165) is 11.1 Å². The molecular formula is C15H15FN2O. The maximum atomic E-state index is 13.0. The van der Waals surface area contributed by atoms with Crippen molar-refractivity contribution in [2.45, 2.75) is 19.9 Å². The molecule has 1 aromatic heterocycles. The van der Waals surface area contributed by atoms with Crippen LogP contribution in [0.3, 0.4) is 0 Å². The van der Waals surface area contributed by atoms with Crippen molar-refractivity contribution in [3.8, 4) is 0 Å². The average Bonchev–Trinajstić information content (AvgIpc) is 2.39. The molecule has 0 radical (unpaired) electrons. The summed E-state index contributed by atoms with van der Waals surface area (Å²) in [6.07, 6.45) is 0. The number of amides is 1. The van der Waals surface area contributed by atoms with E-state index in [0.29, 0.717) is 0 Å². The van der Waals surface area contributed by atoms with Crippen LogP contribution in [0.2, 0.25) is 0 Å². The lowest BCUT2D eigenvalue weighted by Gasteiger charge is -2.16. The molecule has 1 heterocycles. The van der Waals surface area contributed by atoms with E-state index >= 15 is 0 Å². The number of benzene rings is 1. The predicted molar refractivity (Wildman–Crippen MR) is 71.3 cm³/mol. The third-order valence-electron chi connectivity index (χ3n) is 2.95. The van der Waals surface area contributed by atoms with Gasteiger partial charge in [-0.25, -0.2) is 4.98 Å². The van der Waals surface area contributed by atoms with Crippen LogP contribution < -0.4 is 5.32 Å². The summed E-state index contributed by atoms with van der Waals surface area (Å²) >= 11 is 0. The molecule has 3 nitrogen and oxygen atoms in total. The van der Waals surface area contributed by atoms with Crippen molar-refractivity contribution in [1.29, 1.82) is 0 Å². The Morgan fingerprint density at radius 2 is 1.95 bits per heavy atom. The molecule has 0 spiro atoms. The van der Waals surface area contributed by atoms with Crippen LogP contribution in [0.25, 0.3) is 0 Å². The number of aromatic nitrogens is 1. The third kappa shape index (κ3) is 3.16. The number of carbonyl (C=O) groups is 1. The second-order valence-electron chi connectivity index (χ2n) is 4.40. The van der Waals surface area contributed by atoms with Gasteiger partial charge in [0.1, 0.15) is 5.69 Å². The maximum Gasteiger partial charge on any atom is 0.270 e. The van der Waals surface area contributed by atoms with E-state index in [2.05, 4.69) is 10.3 Å². The van der Waals surface area contributed by atoms with E-state index in [1.807, 2.05) is 38.1 Å². The Morgan fingerprint density at radius 3 is 2.63 bits per heavy atom. The Morgan fingerprint density at radius 1 is 1.21 bits per heavy atom. The molecule has 0 bridgehead atoms. The van der Waals surface area contributed by atoms with E-state index in [9.17, 15) is 9.18 Å². The van der Waals surface area contributed by atoms with Crippen molar-refractivity contribution in [1.82, 2.24) is 10.3 Å². The molecule has 1 unspecified atom stereocenters. The van der Waals surface area contributed by atoms with Gasteiger partial charge >= 0.3 is 0 Å². The summed E-state index contributed by atoms with van der Waals surface area (Å²) in [5.41, 5.74) is 2.22. The third-order valence-corrected chi connectivity index (χ3v) is 2.95. The first-order valence-corrected chi connectivity index (χ1v) is 6.07. The Balaban J connectivity index is 2.13. The van der Waals surface area contributed by atoms with Gasteiger partial charge in [0.05, 0.1) is 6.04 Å². The number of halogens is 1. The minimum Gasteiger partial charge on any atom is -0.344 e. The lowest BCUT2D eigenvalue weighted by Crippen LogP contribution is -2.28. The maximum absolute atomic E-state index is 13.0. The lowest BCUT2D eigenvalue weighted by atomic mass is 10.0. The molecular weight excluding hydrogens is 243 g/mol. The highest BCUT2D eigenvalue weighted by Gasteiger charge is 2.14. The standard InChI is InChI=1S/C15H15FN2O/c1-10-6-3-4-7-12(10)11(2)17-15(19)13-8-5-9-14(16)18-13/h3-9,11H,1-2H3,(H,17,19). The van der Waals surface area contributed by atoms with Crippen LogP contribution in [-0.4, -0.2) is 10.9 Å². The molecule has 0 aliphatic rings. The van der Waals surface area contributed by atoms with E-state index in [1.165, 1.54) is 18.2 Å². The normalized spacial score (nSPS) is 11.9. The summed E-state index contributed by atoms with van der Waals surface area (Å²) in [7, 11) is 0. The largest absolute Gasteiger partial charge is 0.344 e. The zero-order valence-electron chi connectivity index (χ0n) is 10.9. The second-order valence-corrected chi connectivity index (χ2v) is 4.40. The summed E-state index contributed by atoms with van der Waals surface area (Å²) in [4.78, 5) is 15.5. The van der Waals surface area contributed by atoms with E-state index < -0.39 is 5.95 Å². The Labute approximate surface area is 111 Å². The monoisotopic (exact) mass is 258 g/mol. The number of hydrogen-bond acceptors (Lipinski definition) is 2. The second kappa shape index (κ2) is 5.61. The topological polar surface area (TPSA) is 42.0 Å². The first-order valence-electron chi connectivity index (χ1n) is 6.07. The highest BCUT2D eigenvalue weighted by molar-refractivity contribution is 5.92. The van der Waals surface area contributed by atoms with Gasteiger partial charge in [-0.2, -0.15) is 4.39 Å². The fraction of sp³-hybridized carbons (Fsp3) is 0.200. The number of pyridine rings is 1. The molecule has 98 valence electrons. The SMILES string of the molecule is Cc1ccccc1C(C)NC(=O)c1cccc(F)n1. The van der Waals surface area contributed by atoms with Crippen molar-refractivity contribution in [2.75, 3.05) is 0 Å². The Kier molecular flexibility index (Phi) is 3.90. The van der Waals surface area contributed by atoms with Crippen LogP contribution in [0.5, 0.6) is 0 Å². The predicted octanol–water partition coefficient (Wildman–Crippen LogP) is 3.02. The van der Waals surface area contributed by atoms with Gasteiger partial charge in [-0.05, 0) is 37.1 Å². The molecule has 2 aromatic rings. The number of hydrogen-bond donors (Lipinski definition) is 1. The van der Waals surface area contributed by atoms with Gasteiger partial charge in [-0.3, -0.25) is 4.79 Å². The molecule has 2 rings (SSSR count). The first-order chi connectivity index (χ1) is 9.08. The van der Waals surface area contributed by atoms with Crippen molar-refractivity contribution in [3.63, 3.8) is 0 Å². The van der Waals surface area contributed by atoms with Crippen LogP contribution in [0, 0.1) is 12.9 Å². The quantitative estimate of drug-likeness (QED) is 0.860. The smallest absolute Gasteiger partial charge is 0.270 e. The van der Waals surface area contributed by atoms with Crippen LogP contribution >= 0.6 is 0 Å². The molecule has 0 saturated heterocycles. The summed E-state index contributed by atoms with van der Waals surface area (Å²) in [5.74, 6) is -1.04. The van der Waals surface area contributed by atoms with Crippen LogP contribution in [0.1, 0.15) is 34.6 Å². The minimum atomic E-state index is -0.656. The van der Waals surface area contributed by atoms with Crippen molar-refractivity contribution < 1.29 is 9.18 Å². The minimum absolute atomic E-state index is 0.0837. The number of nitrogens with one attached hydrogen (secondary N) is 1. The van der Waals surface area contributed by atoms with Crippen molar-refractivity contribution in [2.24, 2.45) is 0 Å². The number of rotatable bonds is 3. The molecule has 0 aliphatic carbocycles. The molecule has 4 heteroatoms. The Hall–Kier alpha value is -2.23. The molecule has 1 N–H and O–H groups in total. The van der Waals surface area contributed by atoms with Gasteiger partial charge < -0.3 is 5.32 Å². The molecule has 1 amide bonds. The highest BCUT2D eigenvalue weighted by Crippen LogP contribution is 2.17. The van der Waals surface area contributed by atoms with Gasteiger partial charge in [0.25, 0.3) is 5.91 Å². The van der Waals surface area contributed by atoms with Gasteiger partial charge in [0.2, 0.25) is 5.95 Å². The summed E-state index contributed by atoms with van der Waals surface area (Å²) in [6, 6.07) is 11.8. The summed E-state index contributed by atoms with van der Waals surface area (Å²) < 4.78 is 13.0. The number of carbonyl (C=O) groups excluding carboxylic acids is 1. The molecule has 1 aromatic carbocycles. The molecule has 1 atom stereocenters. The van der Waals surface area contributed by atoms with E-state index in [1.54, 1.807) is 0 Å². The van der Waals surface area contributed by atoms with E-state index in [4.69, 9.17) is 0 Å². The molecule has 0 aliphatic heterocycles. The van der Waals surface area contributed by atoms with Crippen molar-refractivity contribution >= 4 is 5.91 Å². The highest BCUT2D eigenvalue weighted by atomic mass is 19.1. The lowest BCUT2D eigenvalue weighted by molar-refractivity contribution is 0.0933. The van der Waals surface area contributed by atoms with E-state index in [-0.39, 0.29) is 17.6 Å². The summed E-state index contributed by atoms with van der Waals surface area (Å²) in [5, 5.41) is 2.81. The van der Waals surface area contributed by atoms with Gasteiger partial charge in [0.15, 0.2) is 0 Å².